The van der Waals surface area contributed by atoms with Crippen LogP contribution in [0, 0.1) is 0 Å². The summed E-state index contributed by atoms with van der Waals surface area (Å²) in [5.41, 5.74) is 2.53. The Bertz CT molecular complexity index is 850. The molecule has 0 saturated carbocycles. The van der Waals surface area contributed by atoms with Gasteiger partial charge in [-0.15, -0.1) is 0 Å². The fraction of sp³-hybridized carbons (Fsp3) is 0.364. The number of carbonyl (C=O) groups excluding carboxylic acids is 2. The van der Waals surface area contributed by atoms with Crippen LogP contribution in [0.1, 0.15) is 0 Å². The second-order valence-corrected chi connectivity index (χ2v) is 7.00. The predicted octanol–water partition coefficient (Wildman–Crippen LogP) is 2.04. The molecular weight excluding hydrogens is 384 g/mol. The van der Waals surface area contributed by atoms with E-state index < -0.39 is 0 Å². The van der Waals surface area contributed by atoms with Crippen molar-refractivity contribution in [3.05, 3.63) is 48.5 Å². The minimum atomic E-state index is -0.248. The second-order valence-electron chi connectivity index (χ2n) is 7.00. The average Bonchev–Trinajstić information content (AvgIpc) is 2.78. The third kappa shape index (κ3) is 5.87. The molecule has 0 bridgehead atoms. The number of nitrogens with one attached hydrogen (secondary N) is 2. The van der Waals surface area contributed by atoms with Gasteiger partial charge in [-0.3, -0.25) is 9.59 Å². The highest BCUT2D eigenvalue weighted by Gasteiger charge is 2.15. The molecule has 8 nitrogen and oxygen atoms in total. The van der Waals surface area contributed by atoms with Crippen LogP contribution >= 0.6 is 0 Å². The van der Waals surface area contributed by atoms with E-state index >= 15 is 0 Å². The van der Waals surface area contributed by atoms with Gasteiger partial charge in [0.1, 0.15) is 5.75 Å². The van der Waals surface area contributed by atoms with Gasteiger partial charge in [-0.25, -0.2) is 0 Å². The van der Waals surface area contributed by atoms with Crippen molar-refractivity contribution in [2.24, 2.45) is 0 Å². The van der Waals surface area contributed by atoms with E-state index in [4.69, 9.17) is 9.47 Å². The highest BCUT2D eigenvalue weighted by molar-refractivity contribution is 5.95. The summed E-state index contributed by atoms with van der Waals surface area (Å²) in [4.78, 5) is 28.3. The summed E-state index contributed by atoms with van der Waals surface area (Å²) in [5.74, 6) is 0.215. The minimum absolute atomic E-state index is 0.0301. The molecule has 0 aliphatic carbocycles. The van der Waals surface area contributed by atoms with Gasteiger partial charge >= 0.3 is 0 Å². The number of amides is 2. The molecule has 1 aliphatic heterocycles. The highest BCUT2D eigenvalue weighted by Crippen LogP contribution is 2.22. The molecule has 160 valence electrons. The molecule has 2 N–H and O–H groups in total. The van der Waals surface area contributed by atoms with Crippen LogP contribution in [0.4, 0.5) is 17.1 Å². The number of methoxy groups -OCH3 is 1. The van der Waals surface area contributed by atoms with E-state index in [1.54, 1.807) is 14.2 Å². The standard InChI is InChI=1S/C22H28N4O4/c1-25(22(28)15-23-19-5-3-4-6-20(19)29-2)16-21(27)24-17-7-9-18(10-8-17)26-11-13-30-14-12-26/h3-10,23H,11-16H2,1-2H3,(H,24,27). The van der Waals surface area contributed by atoms with E-state index in [1.807, 2.05) is 48.5 Å². The van der Waals surface area contributed by atoms with Gasteiger partial charge in [0.05, 0.1) is 39.1 Å². The molecule has 2 aromatic carbocycles. The summed E-state index contributed by atoms with van der Waals surface area (Å²) in [7, 11) is 3.18. The van der Waals surface area contributed by atoms with Gasteiger partial charge in [-0.05, 0) is 36.4 Å². The molecule has 0 aromatic heterocycles. The first-order chi connectivity index (χ1) is 14.6. The van der Waals surface area contributed by atoms with Gasteiger partial charge in [-0.2, -0.15) is 0 Å². The van der Waals surface area contributed by atoms with Crippen molar-refractivity contribution in [3.63, 3.8) is 0 Å². The Balaban J connectivity index is 1.46. The zero-order valence-corrected chi connectivity index (χ0v) is 17.4. The van der Waals surface area contributed by atoms with Crippen molar-refractivity contribution < 1.29 is 19.1 Å². The summed E-state index contributed by atoms with van der Waals surface area (Å²) < 4.78 is 10.6. The summed E-state index contributed by atoms with van der Waals surface area (Å²) in [6.07, 6.45) is 0. The van der Waals surface area contributed by atoms with Gasteiger partial charge in [0.15, 0.2) is 0 Å². The van der Waals surface area contributed by atoms with Crippen LogP contribution in [0.25, 0.3) is 0 Å². The van der Waals surface area contributed by atoms with Gasteiger partial charge in [0, 0.05) is 31.5 Å². The Labute approximate surface area is 176 Å². The van der Waals surface area contributed by atoms with Crippen LogP contribution < -0.4 is 20.3 Å². The van der Waals surface area contributed by atoms with Crippen LogP contribution in [-0.4, -0.2) is 70.3 Å². The molecule has 1 aliphatic rings. The van der Waals surface area contributed by atoms with Gasteiger partial charge in [0.2, 0.25) is 11.8 Å². The van der Waals surface area contributed by atoms with Crippen molar-refractivity contribution in [1.82, 2.24) is 4.90 Å². The number of morpholine rings is 1. The highest BCUT2D eigenvalue weighted by atomic mass is 16.5. The number of likely N-dealkylation sites (N-methyl/N-ethyl adjacent to an activating group) is 1. The lowest BCUT2D eigenvalue weighted by Crippen LogP contribution is -2.38. The van der Waals surface area contributed by atoms with Crippen LogP contribution in [0.2, 0.25) is 0 Å². The molecule has 8 heteroatoms. The number of hydrogen-bond donors (Lipinski definition) is 2. The Hall–Kier alpha value is -3.26. The van der Waals surface area contributed by atoms with E-state index in [-0.39, 0.29) is 24.9 Å². The molecule has 1 saturated heterocycles. The van der Waals surface area contributed by atoms with E-state index in [9.17, 15) is 9.59 Å². The van der Waals surface area contributed by atoms with Gasteiger partial charge < -0.3 is 29.9 Å². The van der Waals surface area contributed by atoms with E-state index in [1.165, 1.54) is 4.90 Å². The average molecular weight is 412 g/mol. The molecule has 0 atom stereocenters. The van der Waals surface area contributed by atoms with Crippen molar-refractivity contribution in [2.45, 2.75) is 0 Å². The summed E-state index contributed by atoms with van der Waals surface area (Å²) in [5, 5.41) is 5.88. The lowest BCUT2D eigenvalue weighted by atomic mass is 10.2. The van der Waals surface area contributed by atoms with E-state index in [2.05, 4.69) is 15.5 Å². The number of para-hydroxylation sites is 2. The Morgan fingerprint density at radius 3 is 2.50 bits per heavy atom. The van der Waals surface area contributed by atoms with Crippen LogP contribution in [0.5, 0.6) is 5.75 Å². The maximum Gasteiger partial charge on any atom is 0.243 e. The fourth-order valence-electron chi connectivity index (χ4n) is 3.18. The molecule has 2 amide bonds. The van der Waals surface area contributed by atoms with Gasteiger partial charge in [-0.1, -0.05) is 12.1 Å². The smallest absolute Gasteiger partial charge is 0.243 e. The van der Waals surface area contributed by atoms with Crippen LogP contribution in [0.3, 0.4) is 0 Å². The van der Waals surface area contributed by atoms with Crippen molar-refractivity contribution in [1.29, 1.82) is 0 Å². The molecule has 0 spiro atoms. The number of rotatable bonds is 8. The largest absolute Gasteiger partial charge is 0.495 e. The zero-order valence-electron chi connectivity index (χ0n) is 17.4. The third-order valence-corrected chi connectivity index (χ3v) is 4.87. The van der Waals surface area contributed by atoms with Crippen molar-refractivity contribution in [3.8, 4) is 5.75 Å². The first kappa shape index (κ1) is 21.4. The number of benzene rings is 2. The minimum Gasteiger partial charge on any atom is -0.495 e. The Kier molecular flexibility index (Phi) is 7.51. The number of anilines is 3. The topological polar surface area (TPSA) is 83.1 Å². The molecule has 0 radical (unpaired) electrons. The van der Waals surface area contributed by atoms with Crippen LogP contribution in [0.15, 0.2) is 48.5 Å². The van der Waals surface area contributed by atoms with Crippen molar-refractivity contribution in [2.75, 3.05) is 69.1 Å². The first-order valence-electron chi connectivity index (χ1n) is 9.90. The Morgan fingerprint density at radius 2 is 1.80 bits per heavy atom. The number of carbonyl (C=O) groups is 2. The normalized spacial score (nSPS) is 13.5. The van der Waals surface area contributed by atoms with Crippen LogP contribution in [-0.2, 0) is 14.3 Å². The number of nitrogens with zero attached hydrogens (tertiary/aromatic N) is 2. The molecule has 2 aromatic rings. The first-order valence-corrected chi connectivity index (χ1v) is 9.90. The number of ether oxygens (including phenoxy) is 2. The Morgan fingerprint density at radius 1 is 1.10 bits per heavy atom. The van der Waals surface area contributed by atoms with Crippen molar-refractivity contribution >= 4 is 28.9 Å². The van der Waals surface area contributed by atoms with Gasteiger partial charge in [0.25, 0.3) is 0 Å². The quantitative estimate of drug-likeness (QED) is 0.691. The summed E-state index contributed by atoms with van der Waals surface area (Å²) in [6, 6.07) is 15.1. The monoisotopic (exact) mass is 412 g/mol. The molecule has 1 fully saturated rings. The SMILES string of the molecule is COc1ccccc1NCC(=O)N(C)CC(=O)Nc1ccc(N2CCOCC2)cc1. The van der Waals surface area contributed by atoms with E-state index in [0.29, 0.717) is 11.4 Å². The number of hydrogen-bond acceptors (Lipinski definition) is 6. The second kappa shape index (κ2) is 10.5. The summed E-state index contributed by atoms with van der Waals surface area (Å²) in [6.45, 7) is 3.22. The lowest BCUT2D eigenvalue weighted by molar-refractivity contribution is -0.131. The fourth-order valence-corrected chi connectivity index (χ4v) is 3.18. The van der Waals surface area contributed by atoms with E-state index in [0.717, 1.165) is 37.7 Å². The maximum absolute atomic E-state index is 12.4. The predicted molar refractivity (Wildman–Crippen MR) is 117 cm³/mol. The summed E-state index contributed by atoms with van der Waals surface area (Å²) >= 11 is 0. The molecule has 0 unspecified atom stereocenters. The molecule has 30 heavy (non-hydrogen) atoms. The molecule has 3 rings (SSSR count). The lowest BCUT2D eigenvalue weighted by Gasteiger charge is -2.28. The molecule has 1 heterocycles. The maximum atomic E-state index is 12.4. The third-order valence-electron chi connectivity index (χ3n) is 4.87. The molecular formula is C22H28N4O4. The zero-order chi connectivity index (χ0) is 21.3.